The first-order chi connectivity index (χ1) is 9.73. The molecular weight excluding hydrogens is 256 g/mol. The molecule has 0 heterocycles. The molecule has 0 N–H and O–H groups in total. The maximum atomic E-state index is 5.48. The Morgan fingerprint density at radius 1 is 0.900 bits per heavy atom. The van der Waals surface area contributed by atoms with Gasteiger partial charge in [0.25, 0.3) is 0 Å². The Labute approximate surface area is 122 Å². The Balaban J connectivity index is 2.64. The first-order valence-corrected chi connectivity index (χ1v) is 7.02. The summed E-state index contributed by atoms with van der Waals surface area (Å²) in [4.78, 5) is 0. The van der Waals surface area contributed by atoms with Gasteiger partial charge in [0.15, 0.2) is 12.6 Å². The normalized spacial score (nSPS) is 14.2. The average molecular weight is 281 g/mol. The summed E-state index contributed by atoms with van der Waals surface area (Å²) < 4.78 is 21.5. The van der Waals surface area contributed by atoms with Crippen molar-refractivity contribution < 1.29 is 18.9 Å². The largest absolute Gasteiger partial charge is 0.356 e. The Bertz CT molecular complexity index is 336. The van der Waals surface area contributed by atoms with E-state index in [0.29, 0.717) is 26.1 Å². The highest BCUT2D eigenvalue weighted by molar-refractivity contribution is 5.22. The third kappa shape index (κ3) is 6.01. The molecule has 0 spiro atoms. The van der Waals surface area contributed by atoms with E-state index in [-0.39, 0.29) is 12.6 Å². The van der Waals surface area contributed by atoms with E-state index in [0.717, 1.165) is 11.1 Å². The van der Waals surface area contributed by atoms with E-state index >= 15 is 0 Å². The van der Waals surface area contributed by atoms with Crippen LogP contribution in [-0.2, 0) is 31.8 Å². The van der Waals surface area contributed by atoms with Crippen molar-refractivity contribution in [3.63, 3.8) is 0 Å². The lowest BCUT2D eigenvalue weighted by Gasteiger charge is -2.17. The molecule has 0 saturated heterocycles. The number of hydrogen-bond donors (Lipinski definition) is 0. The molecule has 0 aliphatic rings. The predicted octanol–water partition coefficient (Wildman–Crippen LogP) is 2.59. The summed E-state index contributed by atoms with van der Waals surface area (Å²) in [5.41, 5.74) is 2.13. The molecule has 2 atom stereocenters. The second-order valence-electron chi connectivity index (χ2n) is 4.35. The number of methoxy groups -OCH3 is 2. The summed E-state index contributed by atoms with van der Waals surface area (Å²) in [6, 6.07) is 9.43. The van der Waals surface area contributed by atoms with Gasteiger partial charge in [-0.05, 0) is 31.0 Å². The van der Waals surface area contributed by atoms with Gasteiger partial charge < -0.3 is 18.9 Å². The van der Waals surface area contributed by atoms with Gasteiger partial charge in [0.2, 0.25) is 0 Å². The summed E-state index contributed by atoms with van der Waals surface area (Å²) in [6.45, 7) is 5.18. The van der Waals surface area contributed by atoms with Crippen molar-refractivity contribution in [3.8, 4) is 0 Å². The van der Waals surface area contributed by atoms with E-state index in [9.17, 15) is 0 Å². The van der Waals surface area contributed by atoms with Crippen LogP contribution < -0.4 is 0 Å². The van der Waals surface area contributed by atoms with Gasteiger partial charge >= 0.3 is 0 Å². The van der Waals surface area contributed by atoms with E-state index in [1.807, 2.05) is 32.0 Å². The molecule has 0 amide bonds. The molecule has 20 heavy (non-hydrogen) atoms. The van der Waals surface area contributed by atoms with Gasteiger partial charge in [0.1, 0.15) is 0 Å². The third-order valence-electron chi connectivity index (χ3n) is 2.92. The smallest absolute Gasteiger partial charge is 0.161 e. The number of rotatable bonds is 10. The van der Waals surface area contributed by atoms with Gasteiger partial charge in [0, 0.05) is 40.3 Å². The summed E-state index contributed by atoms with van der Waals surface area (Å²) >= 11 is 0. The van der Waals surface area contributed by atoms with Gasteiger partial charge in [-0.2, -0.15) is 0 Å². The first kappa shape index (κ1) is 17.1. The van der Waals surface area contributed by atoms with Crippen molar-refractivity contribution in [2.75, 3.05) is 27.4 Å². The second-order valence-corrected chi connectivity index (χ2v) is 4.35. The van der Waals surface area contributed by atoms with Crippen LogP contribution in [0.2, 0.25) is 0 Å². The number of hydrogen-bond acceptors (Lipinski definition) is 4. The van der Waals surface area contributed by atoms with Crippen LogP contribution in [0.1, 0.15) is 25.0 Å². The van der Waals surface area contributed by atoms with E-state index in [1.165, 1.54) is 0 Å². The highest BCUT2D eigenvalue weighted by Gasteiger charge is 2.11. The zero-order valence-electron chi connectivity index (χ0n) is 12.8. The van der Waals surface area contributed by atoms with Crippen molar-refractivity contribution in [1.29, 1.82) is 0 Å². The summed E-state index contributed by atoms with van der Waals surface area (Å²) in [5, 5.41) is 0. The number of benzene rings is 1. The molecule has 4 heteroatoms. The van der Waals surface area contributed by atoms with Crippen LogP contribution in [0.4, 0.5) is 0 Å². The van der Waals surface area contributed by atoms with Crippen LogP contribution in [0.3, 0.4) is 0 Å². The predicted molar refractivity (Wildman–Crippen MR) is 77.5 cm³/mol. The summed E-state index contributed by atoms with van der Waals surface area (Å²) in [5.74, 6) is 0. The van der Waals surface area contributed by atoms with Gasteiger partial charge in [-0.1, -0.05) is 18.2 Å². The topological polar surface area (TPSA) is 36.9 Å². The monoisotopic (exact) mass is 281 g/mol. The highest BCUT2D eigenvalue weighted by atomic mass is 16.7. The molecular formula is C16H25O4. The molecule has 0 bridgehead atoms. The molecule has 0 saturated carbocycles. The molecule has 2 unspecified atom stereocenters. The van der Waals surface area contributed by atoms with E-state index in [4.69, 9.17) is 18.9 Å². The van der Waals surface area contributed by atoms with Crippen LogP contribution in [-0.4, -0.2) is 40.0 Å². The molecule has 0 fully saturated rings. The Hall–Kier alpha value is -0.940. The summed E-state index contributed by atoms with van der Waals surface area (Å²) in [6.07, 6.45) is 0.919. The molecule has 1 aromatic rings. The zero-order valence-corrected chi connectivity index (χ0v) is 12.8. The zero-order chi connectivity index (χ0) is 14.8. The molecule has 1 aromatic carbocycles. The lowest BCUT2D eigenvalue weighted by molar-refractivity contribution is -0.119. The van der Waals surface area contributed by atoms with Gasteiger partial charge in [-0.15, -0.1) is 0 Å². The van der Waals surface area contributed by atoms with Gasteiger partial charge in [-0.3, -0.25) is 0 Å². The Kier molecular flexibility index (Phi) is 8.46. The molecule has 0 aliphatic carbocycles. The van der Waals surface area contributed by atoms with Gasteiger partial charge in [0.05, 0.1) is 0 Å². The lowest BCUT2D eigenvalue weighted by Crippen LogP contribution is -2.20. The van der Waals surface area contributed by atoms with Crippen molar-refractivity contribution in [2.45, 2.75) is 39.3 Å². The maximum Gasteiger partial charge on any atom is 0.161 e. The van der Waals surface area contributed by atoms with Crippen LogP contribution in [0, 0.1) is 6.07 Å². The minimum absolute atomic E-state index is 0.225. The highest BCUT2D eigenvalue weighted by Crippen LogP contribution is 2.12. The fourth-order valence-electron chi connectivity index (χ4n) is 1.96. The molecule has 113 valence electrons. The van der Waals surface area contributed by atoms with E-state index in [1.54, 1.807) is 14.2 Å². The Morgan fingerprint density at radius 3 is 1.70 bits per heavy atom. The van der Waals surface area contributed by atoms with E-state index < -0.39 is 0 Å². The second kappa shape index (κ2) is 9.88. The lowest BCUT2D eigenvalue weighted by atomic mass is 10.1. The molecule has 1 rings (SSSR count). The summed E-state index contributed by atoms with van der Waals surface area (Å²) in [7, 11) is 3.31. The van der Waals surface area contributed by atoms with Crippen LogP contribution in [0.15, 0.2) is 18.2 Å². The molecule has 4 nitrogen and oxygen atoms in total. The van der Waals surface area contributed by atoms with Crippen molar-refractivity contribution in [2.24, 2.45) is 0 Å². The fraction of sp³-hybridized carbons (Fsp3) is 0.625. The number of ether oxygens (including phenoxy) is 4. The van der Waals surface area contributed by atoms with Crippen molar-refractivity contribution in [3.05, 3.63) is 35.4 Å². The van der Waals surface area contributed by atoms with Crippen LogP contribution >= 0.6 is 0 Å². The van der Waals surface area contributed by atoms with Crippen LogP contribution in [0.5, 0.6) is 0 Å². The van der Waals surface area contributed by atoms with Gasteiger partial charge in [-0.25, -0.2) is 0 Å². The third-order valence-corrected chi connectivity index (χ3v) is 2.92. The quantitative estimate of drug-likeness (QED) is 0.618. The average Bonchev–Trinajstić information content (AvgIpc) is 2.46. The maximum absolute atomic E-state index is 5.48. The standard InChI is InChI=1S/C16H25O4/c1-5-19-15(17-3)11-13-8-7-9-14(10-13)12-16(18-4)20-6-2/h7-9,15-16H,5-6,11-12H2,1-4H3. The molecule has 0 aromatic heterocycles. The molecule has 1 radical (unpaired) electrons. The van der Waals surface area contributed by atoms with Crippen molar-refractivity contribution >= 4 is 0 Å². The van der Waals surface area contributed by atoms with Crippen molar-refractivity contribution in [1.82, 2.24) is 0 Å². The Morgan fingerprint density at radius 2 is 1.35 bits per heavy atom. The first-order valence-electron chi connectivity index (χ1n) is 7.02. The fourth-order valence-corrected chi connectivity index (χ4v) is 1.96. The van der Waals surface area contributed by atoms with E-state index in [2.05, 4.69) is 6.07 Å². The minimum atomic E-state index is -0.225. The minimum Gasteiger partial charge on any atom is -0.356 e. The SMILES string of the molecule is CCOC(Cc1[c]c(CC(OC)OCC)ccc1)OC. The van der Waals surface area contributed by atoms with Crippen LogP contribution in [0.25, 0.3) is 0 Å². The molecule has 0 aliphatic heterocycles.